The maximum Gasteiger partial charge on any atom is 0.306 e. The molecule has 0 aromatic heterocycles. The zero-order valence-electron chi connectivity index (χ0n) is 44.7. The number of allylic oxidation sites excluding steroid dienone is 8. The van der Waals surface area contributed by atoms with Crippen LogP contribution >= 0.6 is 0 Å². The summed E-state index contributed by atoms with van der Waals surface area (Å²) in [7, 11) is 0. The molecule has 0 saturated heterocycles. The van der Waals surface area contributed by atoms with E-state index in [1.54, 1.807) is 0 Å². The molecule has 0 unspecified atom stereocenters. The molecule has 0 spiro atoms. The van der Waals surface area contributed by atoms with Crippen LogP contribution in [0.1, 0.15) is 303 Å². The largest absolute Gasteiger partial charge is 0.462 e. The summed E-state index contributed by atoms with van der Waals surface area (Å²) in [5.74, 6) is -0.926. The van der Waals surface area contributed by atoms with Gasteiger partial charge in [0, 0.05) is 19.3 Å². The zero-order valence-corrected chi connectivity index (χ0v) is 44.7. The third kappa shape index (κ3) is 54.2. The lowest BCUT2D eigenvalue weighted by Crippen LogP contribution is -2.30. The lowest BCUT2D eigenvalue weighted by molar-refractivity contribution is -0.167. The summed E-state index contributed by atoms with van der Waals surface area (Å²) in [5.41, 5.74) is 0. The van der Waals surface area contributed by atoms with E-state index in [2.05, 4.69) is 69.4 Å². The molecule has 6 nitrogen and oxygen atoms in total. The van der Waals surface area contributed by atoms with Gasteiger partial charge in [0.2, 0.25) is 0 Å². The van der Waals surface area contributed by atoms with E-state index in [1.165, 1.54) is 193 Å². The molecule has 6 heteroatoms. The average Bonchev–Trinajstić information content (AvgIpc) is 3.33. The van der Waals surface area contributed by atoms with Crippen molar-refractivity contribution in [3.05, 3.63) is 48.6 Å². The van der Waals surface area contributed by atoms with Gasteiger partial charge in [0.25, 0.3) is 0 Å². The quantitative estimate of drug-likeness (QED) is 0.0262. The van der Waals surface area contributed by atoms with Gasteiger partial charge in [-0.2, -0.15) is 0 Å². The van der Waals surface area contributed by atoms with Gasteiger partial charge < -0.3 is 14.2 Å². The number of carbonyl (C=O) groups is 3. The topological polar surface area (TPSA) is 78.9 Å². The van der Waals surface area contributed by atoms with Crippen molar-refractivity contribution in [2.45, 2.75) is 309 Å². The van der Waals surface area contributed by atoms with Crippen molar-refractivity contribution in [3.63, 3.8) is 0 Å². The Balaban J connectivity index is 4.41. The lowest BCUT2D eigenvalue weighted by Gasteiger charge is -2.18. The Labute approximate surface area is 416 Å². The molecule has 0 aromatic carbocycles. The van der Waals surface area contributed by atoms with Crippen LogP contribution in [0.5, 0.6) is 0 Å². The fourth-order valence-corrected chi connectivity index (χ4v) is 8.44. The molecule has 0 N–H and O–H groups in total. The highest BCUT2D eigenvalue weighted by Gasteiger charge is 2.19. The second-order valence-corrected chi connectivity index (χ2v) is 19.6. The summed E-state index contributed by atoms with van der Waals surface area (Å²) in [6.45, 7) is 6.61. The predicted molar refractivity (Wildman–Crippen MR) is 289 cm³/mol. The summed E-state index contributed by atoms with van der Waals surface area (Å²) in [4.78, 5) is 38.1. The van der Waals surface area contributed by atoms with Crippen LogP contribution < -0.4 is 0 Å². The molecule has 0 heterocycles. The molecule has 0 fully saturated rings. The molecule has 0 radical (unpaired) electrons. The van der Waals surface area contributed by atoms with Crippen molar-refractivity contribution in [1.29, 1.82) is 0 Å². The second kappa shape index (κ2) is 56.0. The number of hydrogen-bond donors (Lipinski definition) is 0. The second-order valence-electron chi connectivity index (χ2n) is 19.6. The molecule has 1 atom stereocenters. The Bertz CT molecular complexity index is 1170. The Morgan fingerprint density at radius 2 is 0.552 bits per heavy atom. The highest BCUT2D eigenvalue weighted by molar-refractivity contribution is 5.71. The van der Waals surface area contributed by atoms with Crippen LogP contribution in [-0.4, -0.2) is 37.2 Å². The normalized spacial score (nSPS) is 12.3. The number of unbranched alkanes of at least 4 members (excludes halogenated alkanes) is 34. The number of hydrogen-bond acceptors (Lipinski definition) is 6. The van der Waals surface area contributed by atoms with Gasteiger partial charge in [-0.1, -0.05) is 275 Å². The van der Waals surface area contributed by atoms with E-state index in [9.17, 15) is 14.4 Å². The summed E-state index contributed by atoms with van der Waals surface area (Å²) < 4.78 is 16.8. The van der Waals surface area contributed by atoms with Gasteiger partial charge in [0.1, 0.15) is 13.2 Å². The molecule has 0 aromatic rings. The maximum atomic E-state index is 12.8. The molecule has 0 aliphatic carbocycles. The number of esters is 3. The van der Waals surface area contributed by atoms with Crippen molar-refractivity contribution in [2.24, 2.45) is 0 Å². The van der Waals surface area contributed by atoms with Crippen molar-refractivity contribution in [3.8, 4) is 0 Å². The molecule has 0 amide bonds. The van der Waals surface area contributed by atoms with Gasteiger partial charge in [0.05, 0.1) is 0 Å². The molecule has 0 bridgehead atoms. The van der Waals surface area contributed by atoms with Crippen LogP contribution in [0, 0.1) is 0 Å². The summed E-state index contributed by atoms with van der Waals surface area (Å²) >= 11 is 0. The number of ether oxygens (including phenoxy) is 3. The van der Waals surface area contributed by atoms with Gasteiger partial charge in [-0.3, -0.25) is 14.4 Å². The first kappa shape index (κ1) is 64.4. The van der Waals surface area contributed by atoms with E-state index >= 15 is 0 Å². The predicted octanol–water partition coefficient (Wildman–Crippen LogP) is 19.4. The average molecular weight is 940 g/mol. The van der Waals surface area contributed by atoms with Crippen molar-refractivity contribution < 1.29 is 28.6 Å². The Kier molecular flexibility index (Phi) is 53.8. The van der Waals surface area contributed by atoms with Crippen LogP contribution in [0.25, 0.3) is 0 Å². The number of carbonyl (C=O) groups excluding carboxylic acids is 3. The Hall–Kier alpha value is -2.63. The zero-order chi connectivity index (χ0) is 48.6. The van der Waals surface area contributed by atoms with Crippen LogP contribution in [0.15, 0.2) is 48.6 Å². The lowest BCUT2D eigenvalue weighted by atomic mass is 10.0. The molecule has 0 aliphatic rings. The van der Waals surface area contributed by atoms with Crippen LogP contribution in [0.4, 0.5) is 0 Å². The molecular formula is C61H110O6. The van der Waals surface area contributed by atoms with E-state index in [1.807, 2.05) is 0 Å². The van der Waals surface area contributed by atoms with E-state index in [-0.39, 0.29) is 37.5 Å². The smallest absolute Gasteiger partial charge is 0.306 e. The first-order valence-corrected chi connectivity index (χ1v) is 29.1. The van der Waals surface area contributed by atoms with E-state index < -0.39 is 6.10 Å². The first-order chi connectivity index (χ1) is 33.0. The van der Waals surface area contributed by atoms with Crippen molar-refractivity contribution in [2.75, 3.05) is 13.2 Å². The van der Waals surface area contributed by atoms with Gasteiger partial charge >= 0.3 is 17.9 Å². The van der Waals surface area contributed by atoms with E-state index in [4.69, 9.17) is 14.2 Å². The fourth-order valence-electron chi connectivity index (χ4n) is 8.44. The molecule has 0 rings (SSSR count). The van der Waals surface area contributed by atoms with Crippen LogP contribution in [0.3, 0.4) is 0 Å². The minimum atomic E-state index is -0.791. The van der Waals surface area contributed by atoms with Crippen LogP contribution in [-0.2, 0) is 28.6 Å². The number of rotatable bonds is 53. The minimum absolute atomic E-state index is 0.0854. The minimum Gasteiger partial charge on any atom is -0.462 e. The molecule has 67 heavy (non-hydrogen) atoms. The Morgan fingerprint density at radius 1 is 0.299 bits per heavy atom. The van der Waals surface area contributed by atoms with Crippen molar-refractivity contribution >= 4 is 17.9 Å². The monoisotopic (exact) mass is 939 g/mol. The molecular weight excluding hydrogens is 829 g/mol. The first-order valence-electron chi connectivity index (χ1n) is 29.1. The summed E-state index contributed by atoms with van der Waals surface area (Å²) in [6, 6.07) is 0. The van der Waals surface area contributed by atoms with Crippen LogP contribution in [0.2, 0.25) is 0 Å². The van der Waals surface area contributed by atoms with Crippen molar-refractivity contribution in [1.82, 2.24) is 0 Å². The highest BCUT2D eigenvalue weighted by Crippen LogP contribution is 2.17. The highest BCUT2D eigenvalue weighted by atomic mass is 16.6. The summed E-state index contributed by atoms with van der Waals surface area (Å²) in [6.07, 6.45) is 68.2. The van der Waals surface area contributed by atoms with E-state index in [0.29, 0.717) is 19.3 Å². The van der Waals surface area contributed by atoms with Gasteiger partial charge in [-0.15, -0.1) is 0 Å². The van der Waals surface area contributed by atoms with Gasteiger partial charge in [-0.05, 0) is 57.8 Å². The molecule has 390 valence electrons. The Morgan fingerprint density at radius 3 is 0.896 bits per heavy atom. The fraction of sp³-hybridized carbons (Fsp3) is 0.820. The van der Waals surface area contributed by atoms with E-state index in [0.717, 1.165) is 64.2 Å². The maximum absolute atomic E-state index is 12.8. The van der Waals surface area contributed by atoms with Gasteiger partial charge in [0.15, 0.2) is 6.10 Å². The summed E-state index contributed by atoms with van der Waals surface area (Å²) in [5, 5.41) is 0. The third-order valence-corrected chi connectivity index (χ3v) is 12.8. The SMILES string of the molecule is CCCCC/C=C\C/C=C\C/C=C\C/C=C\CCCC(=O)OC[C@H](COC(=O)CCCCCCCCCCCCCCCCCCC)OC(=O)CCCCCCCCCCCCCCCCC. The molecule has 0 saturated carbocycles. The third-order valence-electron chi connectivity index (χ3n) is 12.8. The standard InChI is InChI=1S/C61H110O6/c1-4-7-10-13-16-19-22-25-28-30-33-35-38-41-44-47-50-53-59(62)65-56-58(67-61(64)55-52-49-46-43-40-37-32-27-24-21-18-15-12-9-6-3)57-66-60(63)54-51-48-45-42-39-36-34-31-29-26-23-20-17-14-11-8-5-2/h16,19,25,28,33,35,41,44,58H,4-15,17-18,20-24,26-27,29-32,34,36-40,42-43,45-57H2,1-3H3/b19-16-,28-25-,35-33-,44-41-/t58-/m1/s1. The van der Waals surface area contributed by atoms with Gasteiger partial charge in [-0.25, -0.2) is 0 Å². The molecule has 0 aliphatic heterocycles.